The SMILES string of the molecule is CC(CCN)C(=O)N(C)Cc1ccccc1Br. The fraction of sp³-hybridized carbons (Fsp3) is 0.462. The Hall–Kier alpha value is -0.870. The Morgan fingerprint density at radius 2 is 2.12 bits per heavy atom. The van der Waals surface area contributed by atoms with E-state index in [1.54, 1.807) is 4.90 Å². The van der Waals surface area contributed by atoms with E-state index in [4.69, 9.17) is 5.73 Å². The van der Waals surface area contributed by atoms with Gasteiger partial charge in [-0.3, -0.25) is 4.79 Å². The summed E-state index contributed by atoms with van der Waals surface area (Å²) in [5, 5.41) is 0. The summed E-state index contributed by atoms with van der Waals surface area (Å²) in [4.78, 5) is 13.8. The third kappa shape index (κ3) is 4.13. The van der Waals surface area contributed by atoms with E-state index in [1.165, 1.54) is 0 Å². The molecule has 4 heteroatoms. The van der Waals surface area contributed by atoms with Crippen LogP contribution in [0, 0.1) is 5.92 Å². The molecule has 0 saturated heterocycles. The molecule has 3 nitrogen and oxygen atoms in total. The molecule has 1 amide bonds. The van der Waals surface area contributed by atoms with Crippen molar-refractivity contribution in [2.45, 2.75) is 19.9 Å². The van der Waals surface area contributed by atoms with Crippen molar-refractivity contribution < 1.29 is 4.79 Å². The molecule has 2 N–H and O–H groups in total. The molecular formula is C13H19BrN2O. The summed E-state index contributed by atoms with van der Waals surface area (Å²) >= 11 is 3.48. The van der Waals surface area contributed by atoms with Crippen LogP contribution >= 0.6 is 15.9 Å². The van der Waals surface area contributed by atoms with Crippen LogP contribution in [-0.4, -0.2) is 24.4 Å². The number of hydrogen-bond acceptors (Lipinski definition) is 2. The van der Waals surface area contributed by atoms with E-state index in [9.17, 15) is 4.79 Å². The summed E-state index contributed by atoms with van der Waals surface area (Å²) < 4.78 is 1.03. The number of benzene rings is 1. The lowest BCUT2D eigenvalue weighted by molar-refractivity contribution is -0.134. The molecule has 0 saturated carbocycles. The summed E-state index contributed by atoms with van der Waals surface area (Å²) in [6, 6.07) is 7.94. The average molecular weight is 299 g/mol. The van der Waals surface area contributed by atoms with Crippen molar-refractivity contribution >= 4 is 21.8 Å². The third-order valence-electron chi connectivity index (χ3n) is 2.76. The standard InChI is InChI=1S/C13H19BrN2O/c1-10(7-8-15)13(17)16(2)9-11-5-3-4-6-12(11)14/h3-6,10H,7-9,15H2,1-2H3. The van der Waals surface area contributed by atoms with Gasteiger partial charge < -0.3 is 10.6 Å². The number of rotatable bonds is 5. The summed E-state index contributed by atoms with van der Waals surface area (Å²) in [6.45, 7) is 3.09. The molecule has 0 heterocycles. The van der Waals surface area contributed by atoms with Gasteiger partial charge in [-0.2, -0.15) is 0 Å². The molecule has 0 aromatic heterocycles. The zero-order valence-electron chi connectivity index (χ0n) is 10.3. The van der Waals surface area contributed by atoms with Crippen molar-refractivity contribution in [3.8, 4) is 0 Å². The first-order chi connectivity index (χ1) is 8.06. The maximum absolute atomic E-state index is 12.0. The minimum Gasteiger partial charge on any atom is -0.341 e. The molecule has 0 bridgehead atoms. The number of carbonyl (C=O) groups is 1. The Labute approximate surface area is 111 Å². The summed E-state index contributed by atoms with van der Waals surface area (Å²) in [6.07, 6.45) is 0.735. The number of amides is 1. The van der Waals surface area contributed by atoms with Crippen LogP contribution in [0.1, 0.15) is 18.9 Å². The largest absolute Gasteiger partial charge is 0.341 e. The van der Waals surface area contributed by atoms with Crippen LogP contribution < -0.4 is 5.73 Å². The highest BCUT2D eigenvalue weighted by Crippen LogP contribution is 2.18. The van der Waals surface area contributed by atoms with Gasteiger partial charge in [-0.1, -0.05) is 41.1 Å². The van der Waals surface area contributed by atoms with Crippen molar-refractivity contribution in [1.82, 2.24) is 4.90 Å². The van der Waals surface area contributed by atoms with E-state index < -0.39 is 0 Å². The Bertz CT molecular complexity index is 381. The van der Waals surface area contributed by atoms with Crippen LogP contribution in [0.3, 0.4) is 0 Å². The lowest BCUT2D eigenvalue weighted by atomic mass is 10.1. The number of nitrogens with zero attached hydrogens (tertiary/aromatic N) is 1. The summed E-state index contributed by atoms with van der Waals surface area (Å²) in [5.74, 6) is 0.138. The van der Waals surface area contributed by atoms with E-state index in [1.807, 2.05) is 38.2 Å². The molecule has 1 aromatic carbocycles. The van der Waals surface area contributed by atoms with Crippen LogP contribution in [0.5, 0.6) is 0 Å². The molecular weight excluding hydrogens is 280 g/mol. The zero-order chi connectivity index (χ0) is 12.8. The number of carbonyl (C=O) groups excluding carboxylic acids is 1. The first-order valence-corrected chi connectivity index (χ1v) is 6.54. The van der Waals surface area contributed by atoms with Gasteiger partial charge in [0.1, 0.15) is 0 Å². The minimum atomic E-state index is -0.00696. The highest BCUT2D eigenvalue weighted by atomic mass is 79.9. The van der Waals surface area contributed by atoms with Gasteiger partial charge in [0.15, 0.2) is 0 Å². The van der Waals surface area contributed by atoms with Gasteiger partial charge in [-0.15, -0.1) is 0 Å². The van der Waals surface area contributed by atoms with Crippen LogP contribution in [0.4, 0.5) is 0 Å². The van der Waals surface area contributed by atoms with Gasteiger partial charge in [-0.25, -0.2) is 0 Å². The predicted molar refractivity (Wildman–Crippen MR) is 73.5 cm³/mol. The smallest absolute Gasteiger partial charge is 0.225 e. The molecule has 0 aliphatic carbocycles. The second-order valence-corrected chi connectivity index (χ2v) is 5.12. The maximum atomic E-state index is 12.0. The first-order valence-electron chi connectivity index (χ1n) is 5.74. The first kappa shape index (κ1) is 14.2. The van der Waals surface area contributed by atoms with Crippen LogP contribution in [0.2, 0.25) is 0 Å². The lowest BCUT2D eigenvalue weighted by Crippen LogP contribution is -2.32. The van der Waals surface area contributed by atoms with Crippen molar-refractivity contribution in [3.63, 3.8) is 0 Å². The van der Waals surface area contributed by atoms with Gasteiger partial charge in [0.25, 0.3) is 0 Å². The van der Waals surface area contributed by atoms with Gasteiger partial charge in [-0.05, 0) is 24.6 Å². The van der Waals surface area contributed by atoms with E-state index in [0.29, 0.717) is 13.1 Å². The van der Waals surface area contributed by atoms with Crippen molar-refractivity contribution in [2.24, 2.45) is 11.7 Å². The van der Waals surface area contributed by atoms with Crippen LogP contribution in [-0.2, 0) is 11.3 Å². The van der Waals surface area contributed by atoms with Gasteiger partial charge in [0, 0.05) is 24.0 Å². The van der Waals surface area contributed by atoms with Gasteiger partial charge >= 0.3 is 0 Å². The monoisotopic (exact) mass is 298 g/mol. The maximum Gasteiger partial charge on any atom is 0.225 e. The molecule has 1 rings (SSSR count). The molecule has 0 spiro atoms. The predicted octanol–water partition coefficient (Wildman–Crippen LogP) is 2.39. The Kier molecular flexibility index (Phi) is 5.65. The van der Waals surface area contributed by atoms with Crippen molar-refractivity contribution in [1.29, 1.82) is 0 Å². The Morgan fingerprint density at radius 1 is 1.47 bits per heavy atom. The van der Waals surface area contributed by atoms with E-state index in [2.05, 4.69) is 15.9 Å². The highest BCUT2D eigenvalue weighted by Gasteiger charge is 2.17. The van der Waals surface area contributed by atoms with Gasteiger partial charge in [0.2, 0.25) is 5.91 Å². The van der Waals surface area contributed by atoms with Crippen molar-refractivity contribution in [3.05, 3.63) is 34.3 Å². The molecule has 0 fully saturated rings. The zero-order valence-corrected chi connectivity index (χ0v) is 11.9. The molecule has 0 radical (unpaired) electrons. The molecule has 94 valence electrons. The Balaban J connectivity index is 2.63. The fourth-order valence-corrected chi connectivity index (χ4v) is 2.12. The molecule has 1 atom stereocenters. The number of hydrogen-bond donors (Lipinski definition) is 1. The quantitative estimate of drug-likeness (QED) is 0.907. The summed E-state index contributed by atoms with van der Waals surface area (Å²) in [7, 11) is 1.83. The van der Waals surface area contributed by atoms with E-state index in [-0.39, 0.29) is 11.8 Å². The lowest BCUT2D eigenvalue weighted by Gasteiger charge is -2.21. The fourth-order valence-electron chi connectivity index (χ4n) is 1.71. The second-order valence-electron chi connectivity index (χ2n) is 4.26. The third-order valence-corrected chi connectivity index (χ3v) is 3.54. The van der Waals surface area contributed by atoms with Crippen LogP contribution in [0.15, 0.2) is 28.7 Å². The molecule has 1 aromatic rings. The molecule has 1 unspecified atom stereocenters. The normalized spacial score (nSPS) is 12.2. The molecule has 17 heavy (non-hydrogen) atoms. The van der Waals surface area contributed by atoms with Crippen LogP contribution in [0.25, 0.3) is 0 Å². The molecule has 0 aliphatic rings. The topological polar surface area (TPSA) is 46.3 Å². The van der Waals surface area contributed by atoms with E-state index in [0.717, 1.165) is 16.5 Å². The summed E-state index contributed by atoms with van der Waals surface area (Å²) in [5.41, 5.74) is 6.58. The average Bonchev–Trinajstić information content (AvgIpc) is 2.31. The van der Waals surface area contributed by atoms with Gasteiger partial charge in [0.05, 0.1) is 0 Å². The highest BCUT2D eigenvalue weighted by molar-refractivity contribution is 9.10. The second kappa shape index (κ2) is 6.77. The van der Waals surface area contributed by atoms with E-state index >= 15 is 0 Å². The number of nitrogens with two attached hydrogens (primary N) is 1. The molecule has 0 aliphatic heterocycles. The number of halogens is 1. The minimum absolute atomic E-state index is 0.00696. The van der Waals surface area contributed by atoms with Crippen molar-refractivity contribution in [2.75, 3.05) is 13.6 Å². The Morgan fingerprint density at radius 3 is 2.71 bits per heavy atom.